The van der Waals surface area contributed by atoms with Crippen LogP contribution in [0.4, 0.5) is 0 Å². The molecular formula is C8H16N2O. The molecule has 1 fully saturated rings. The van der Waals surface area contributed by atoms with Crippen LogP contribution in [0.25, 0.3) is 0 Å². The van der Waals surface area contributed by atoms with Crippen LogP contribution in [-0.2, 0) is 4.79 Å². The van der Waals surface area contributed by atoms with Gasteiger partial charge >= 0.3 is 0 Å². The van der Waals surface area contributed by atoms with Crippen LogP contribution in [0.15, 0.2) is 0 Å². The standard InChI is InChI=1S/C8H16N2O/c1-6-4-3-5-7(9-2)8(11)10-6/h6-7,9H,3-5H2,1-2H3,(H,10,11). The number of carbonyl (C=O) groups excluding carboxylic acids is 1. The number of carbonyl (C=O) groups is 1. The molecule has 0 aromatic rings. The Balaban J connectivity index is 2.50. The lowest BCUT2D eigenvalue weighted by Gasteiger charge is -2.12. The molecule has 2 unspecified atom stereocenters. The summed E-state index contributed by atoms with van der Waals surface area (Å²) in [5, 5.41) is 5.94. The highest BCUT2D eigenvalue weighted by molar-refractivity contribution is 5.82. The van der Waals surface area contributed by atoms with Crippen LogP contribution >= 0.6 is 0 Å². The highest BCUT2D eigenvalue weighted by Gasteiger charge is 2.21. The zero-order valence-electron chi connectivity index (χ0n) is 7.18. The predicted octanol–water partition coefficient (Wildman–Crippen LogP) is 0.263. The summed E-state index contributed by atoms with van der Waals surface area (Å²) in [6, 6.07) is 0.376. The van der Waals surface area contributed by atoms with E-state index in [9.17, 15) is 4.79 Å². The minimum atomic E-state index is 0.0277. The van der Waals surface area contributed by atoms with Crippen molar-refractivity contribution in [2.24, 2.45) is 0 Å². The quantitative estimate of drug-likeness (QED) is 0.572. The van der Waals surface area contributed by atoms with E-state index < -0.39 is 0 Å². The lowest BCUT2D eigenvalue weighted by Crippen LogP contribution is -2.43. The Labute approximate surface area is 67.5 Å². The van der Waals surface area contributed by atoms with Gasteiger partial charge in [-0.2, -0.15) is 0 Å². The molecule has 64 valence electrons. The molecule has 1 aliphatic rings. The third kappa shape index (κ3) is 2.19. The number of nitrogens with one attached hydrogen (secondary N) is 2. The smallest absolute Gasteiger partial charge is 0.237 e. The van der Waals surface area contributed by atoms with Gasteiger partial charge in [0.15, 0.2) is 0 Å². The molecule has 2 atom stereocenters. The van der Waals surface area contributed by atoms with E-state index in [1.54, 1.807) is 0 Å². The molecule has 0 aromatic heterocycles. The van der Waals surface area contributed by atoms with Crippen LogP contribution in [0, 0.1) is 0 Å². The fourth-order valence-electron chi connectivity index (χ4n) is 1.45. The molecule has 1 heterocycles. The Morgan fingerprint density at radius 2 is 2.27 bits per heavy atom. The Hall–Kier alpha value is -0.570. The van der Waals surface area contributed by atoms with E-state index in [1.165, 1.54) is 0 Å². The maximum Gasteiger partial charge on any atom is 0.237 e. The van der Waals surface area contributed by atoms with Crippen molar-refractivity contribution in [2.45, 2.75) is 38.3 Å². The average molecular weight is 156 g/mol. The third-order valence-corrected chi connectivity index (χ3v) is 2.18. The first kappa shape index (κ1) is 8.53. The summed E-state index contributed by atoms with van der Waals surface area (Å²) in [4.78, 5) is 11.3. The molecule has 0 spiro atoms. The molecule has 0 saturated carbocycles. The largest absolute Gasteiger partial charge is 0.352 e. The number of hydrogen-bond donors (Lipinski definition) is 2. The van der Waals surface area contributed by atoms with E-state index >= 15 is 0 Å². The summed E-state index contributed by atoms with van der Waals surface area (Å²) in [6.45, 7) is 2.05. The maximum atomic E-state index is 11.3. The van der Waals surface area contributed by atoms with Crippen LogP contribution in [0.3, 0.4) is 0 Å². The topological polar surface area (TPSA) is 41.1 Å². The molecule has 2 N–H and O–H groups in total. The Morgan fingerprint density at radius 3 is 2.91 bits per heavy atom. The zero-order chi connectivity index (χ0) is 8.27. The minimum absolute atomic E-state index is 0.0277. The molecule has 0 radical (unpaired) electrons. The van der Waals surface area contributed by atoms with Gasteiger partial charge in [0.1, 0.15) is 0 Å². The van der Waals surface area contributed by atoms with Crippen molar-refractivity contribution in [2.75, 3.05) is 7.05 Å². The van der Waals surface area contributed by atoms with Crippen LogP contribution in [0.2, 0.25) is 0 Å². The van der Waals surface area contributed by atoms with Gasteiger partial charge in [-0.25, -0.2) is 0 Å². The second kappa shape index (κ2) is 3.72. The summed E-state index contributed by atoms with van der Waals surface area (Å²) >= 11 is 0. The van der Waals surface area contributed by atoms with Crippen molar-refractivity contribution in [3.63, 3.8) is 0 Å². The van der Waals surface area contributed by atoms with Gasteiger partial charge in [0.2, 0.25) is 5.91 Å². The fraction of sp³-hybridized carbons (Fsp3) is 0.875. The normalized spacial score (nSPS) is 32.7. The molecule has 3 nitrogen and oxygen atoms in total. The van der Waals surface area contributed by atoms with Crippen molar-refractivity contribution < 1.29 is 4.79 Å². The molecular weight excluding hydrogens is 140 g/mol. The van der Waals surface area contributed by atoms with Crippen LogP contribution in [0.5, 0.6) is 0 Å². The van der Waals surface area contributed by atoms with Crippen LogP contribution < -0.4 is 10.6 Å². The zero-order valence-corrected chi connectivity index (χ0v) is 7.18. The van der Waals surface area contributed by atoms with Gasteiger partial charge in [0, 0.05) is 6.04 Å². The first-order valence-electron chi connectivity index (χ1n) is 4.21. The molecule has 0 bridgehead atoms. The maximum absolute atomic E-state index is 11.3. The second-order valence-corrected chi connectivity index (χ2v) is 3.18. The summed E-state index contributed by atoms with van der Waals surface area (Å²) in [5.41, 5.74) is 0. The second-order valence-electron chi connectivity index (χ2n) is 3.18. The first-order valence-corrected chi connectivity index (χ1v) is 4.21. The molecule has 1 rings (SSSR count). The lowest BCUT2D eigenvalue weighted by molar-refractivity contribution is -0.123. The number of hydrogen-bond acceptors (Lipinski definition) is 2. The molecule has 3 heteroatoms. The Kier molecular flexibility index (Phi) is 2.88. The Bertz CT molecular complexity index is 147. The fourth-order valence-corrected chi connectivity index (χ4v) is 1.45. The van der Waals surface area contributed by atoms with Crippen molar-refractivity contribution in [1.82, 2.24) is 10.6 Å². The van der Waals surface area contributed by atoms with E-state index in [4.69, 9.17) is 0 Å². The van der Waals surface area contributed by atoms with Gasteiger partial charge in [-0.05, 0) is 33.2 Å². The molecule has 1 aliphatic heterocycles. The molecule has 1 amide bonds. The van der Waals surface area contributed by atoms with Crippen LogP contribution in [0.1, 0.15) is 26.2 Å². The highest BCUT2D eigenvalue weighted by atomic mass is 16.2. The SMILES string of the molecule is CNC1CCCC(C)NC1=O. The van der Waals surface area contributed by atoms with Gasteiger partial charge in [-0.1, -0.05) is 0 Å². The number of likely N-dealkylation sites (N-methyl/N-ethyl adjacent to an activating group) is 1. The van der Waals surface area contributed by atoms with E-state index in [0.717, 1.165) is 19.3 Å². The van der Waals surface area contributed by atoms with E-state index in [1.807, 2.05) is 7.05 Å². The van der Waals surface area contributed by atoms with Crippen molar-refractivity contribution in [1.29, 1.82) is 0 Å². The van der Waals surface area contributed by atoms with E-state index in [0.29, 0.717) is 6.04 Å². The van der Waals surface area contributed by atoms with Gasteiger partial charge in [0.05, 0.1) is 6.04 Å². The highest BCUT2D eigenvalue weighted by Crippen LogP contribution is 2.08. The molecule has 1 saturated heterocycles. The van der Waals surface area contributed by atoms with Gasteiger partial charge in [-0.15, -0.1) is 0 Å². The first-order chi connectivity index (χ1) is 5.24. The van der Waals surface area contributed by atoms with Crippen molar-refractivity contribution in [3.05, 3.63) is 0 Å². The molecule has 11 heavy (non-hydrogen) atoms. The lowest BCUT2D eigenvalue weighted by atomic mass is 10.1. The Morgan fingerprint density at radius 1 is 1.55 bits per heavy atom. The number of amides is 1. The van der Waals surface area contributed by atoms with Crippen molar-refractivity contribution >= 4 is 5.91 Å². The third-order valence-electron chi connectivity index (χ3n) is 2.18. The minimum Gasteiger partial charge on any atom is -0.352 e. The average Bonchev–Trinajstić information content (AvgIpc) is 2.11. The number of rotatable bonds is 1. The molecule has 0 aromatic carbocycles. The van der Waals surface area contributed by atoms with Gasteiger partial charge < -0.3 is 10.6 Å². The summed E-state index contributed by atoms with van der Waals surface area (Å²) < 4.78 is 0. The summed E-state index contributed by atoms with van der Waals surface area (Å²) in [6.07, 6.45) is 3.20. The summed E-state index contributed by atoms with van der Waals surface area (Å²) in [7, 11) is 1.83. The predicted molar refractivity (Wildman–Crippen MR) is 44.3 cm³/mol. The molecule has 0 aliphatic carbocycles. The van der Waals surface area contributed by atoms with Gasteiger partial charge in [-0.3, -0.25) is 4.79 Å². The monoisotopic (exact) mass is 156 g/mol. The van der Waals surface area contributed by atoms with Crippen LogP contribution in [-0.4, -0.2) is 25.0 Å². The van der Waals surface area contributed by atoms with Crippen molar-refractivity contribution in [3.8, 4) is 0 Å². The van der Waals surface area contributed by atoms with E-state index in [-0.39, 0.29) is 11.9 Å². The van der Waals surface area contributed by atoms with Gasteiger partial charge in [0.25, 0.3) is 0 Å². The summed E-state index contributed by atoms with van der Waals surface area (Å²) in [5.74, 6) is 0.150. The van der Waals surface area contributed by atoms with E-state index in [2.05, 4.69) is 17.6 Å².